The van der Waals surface area contributed by atoms with E-state index < -0.39 is 0 Å². The third kappa shape index (κ3) is 2.27. The molecule has 16 heavy (non-hydrogen) atoms. The van der Waals surface area contributed by atoms with E-state index in [4.69, 9.17) is 10.2 Å². The lowest BCUT2D eigenvalue weighted by Crippen LogP contribution is -2.02. The average molecular weight is 328 g/mol. The van der Waals surface area contributed by atoms with Crippen molar-refractivity contribution in [2.75, 3.05) is 6.54 Å². The molecular weight excluding hydrogens is 315 g/mol. The van der Waals surface area contributed by atoms with Crippen molar-refractivity contribution in [1.29, 1.82) is 0 Å². The number of halogens is 1. The summed E-state index contributed by atoms with van der Waals surface area (Å²) >= 11 is 2.33. The third-order valence-corrected chi connectivity index (χ3v) is 3.80. The van der Waals surface area contributed by atoms with Crippen LogP contribution in [0.3, 0.4) is 0 Å². The first-order valence-electron chi connectivity index (χ1n) is 5.12. The number of aryl methyl sites for hydroxylation is 1. The molecule has 1 aromatic heterocycles. The highest BCUT2D eigenvalue weighted by Gasteiger charge is 2.10. The van der Waals surface area contributed by atoms with Crippen LogP contribution in [0.5, 0.6) is 0 Å². The van der Waals surface area contributed by atoms with Crippen LogP contribution in [0, 0.1) is 10.5 Å². The van der Waals surface area contributed by atoms with E-state index in [1.807, 2.05) is 12.1 Å². The Labute approximate surface area is 108 Å². The maximum atomic E-state index is 5.65. The molecule has 4 heteroatoms. The van der Waals surface area contributed by atoms with Gasteiger partial charge in [0, 0.05) is 22.1 Å². The molecule has 0 saturated heterocycles. The van der Waals surface area contributed by atoms with Gasteiger partial charge in [0.25, 0.3) is 0 Å². The van der Waals surface area contributed by atoms with Gasteiger partial charge in [-0.1, -0.05) is 18.2 Å². The zero-order chi connectivity index (χ0) is 11.5. The number of aromatic nitrogens is 1. The standard InChI is InChI=1S/C12H13IN2O/c1-8-3-2-4-9(12(8)13)10-7-15-11(16-10)5-6-14/h2-4,7H,5-6,14H2,1H3. The zero-order valence-corrected chi connectivity index (χ0v) is 11.2. The van der Waals surface area contributed by atoms with Gasteiger partial charge < -0.3 is 10.2 Å². The van der Waals surface area contributed by atoms with E-state index in [1.165, 1.54) is 9.13 Å². The lowest BCUT2D eigenvalue weighted by atomic mass is 10.1. The summed E-state index contributed by atoms with van der Waals surface area (Å²) < 4.78 is 6.85. The number of nitrogens with two attached hydrogens (primary N) is 1. The Morgan fingerprint density at radius 1 is 1.44 bits per heavy atom. The summed E-state index contributed by atoms with van der Waals surface area (Å²) in [7, 11) is 0. The number of nitrogens with zero attached hydrogens (tertiary/aromatic N) is 1. The highest BCUT2D eigenvalue weighted by molar-refractivity contribution is 14.1. The van der Waals surface area contributed by atoms with Crippen LogP contribution >= 0.6 is 22.6 Å². The fourth-order valence-electron chi connectivity index (χ4n) is 1.51. The maximum Gasteiger partial charge on any atom is 0.196 e. The molecule has 3 nitrogen and oxygen atoms in total. The first-order chi connectivity index (χ1) is 7.72. The van der Waals surface area contributed by atoms with Gasteiger partial charge in [-0.2, -0.15) is 0 Å². The molecule has 0 aliphatic carbocycles. The van der Waals surface area contributed by atoms with E-state index >= 15 is 0 Å². The molecule has 0 saturated carbocycles. The molecule has 0 aliphatic rings. The molecule has 0 unspecified atom stereocenters. The van der Waals surface area contributed by atoms with Gasteiger partial charge in [-0.05, 0) is 35.1 Å². The molecule has 2 rings (SSSR count). The number of hydrogen-bond acceptors (Lipinski definition) is 3. The summed E-state index contributed by atoms with van der Waals surface area (Å²) in [6, 6.07) is 6.15. The van der Waals surface area contributed by atoms with Gasteiger partial charge in [-0.25, -0.2) is 4.98 Å². The number of hydrogen-bond donors (Lipinski definition) is 1. The predicted octanol–water partition coefficient (Wildman–Crippen LogP) is 2.76. The lowest BCUT2D eigenvalue weighted by molar-refractivity contribution is 0.507. The second-order valence-corrected chi connectivity index (χ2v) is 4.67. The summed E-state index contributed by atoms with van der Waals surface area (Å²) in [6.45, 7) is 2.65. The maximum absolute atomic E-state index is 5.65. The van der Waals surface area contributed by atoms with E-state index in [0.29, 0.717) is 18.9 Å². The summed E-state index contributed by atoms with van der Waals surface area (Å²) in [5.41, 5.74) is 7.80. The van der Waals surface area contributed by atoms with E-state index in [2.05, 4.69) is 40.6 Å². The van der Waals surface area contributed by atoms with Crippen molar-refractivity contribution in [2.45, 2.75) is 13.3 Å². The molecule has 0 atom stereocenters. The van der Waals surface area contributed by atoms with Crippen LogP contribution in [0.15, 0.2) is 28.8 Å². The van der Waals surface area contributed by atoms with Crippen LogP contribution in [-0.2, 0) is 6.42 Å². The van der Waals surface area contributed by atoms with Crippen molar-refractivity contribution in [2.24, 2.45) is 5.73 Å². The molecule has 0 aliphatic heterocycles. The van der Waals surface area contributed by atoms with E-state index in [1.54, 1.807) is 6.20 Å². The van der Waals surface area contributed by atoms with E-state index in [0.717, 1.165) is 11.3 Å². The van der Waals surface area contributed by atoms with Crippen molar-refractivity contribution >= 4 is 22.6 Å². The molecule has 0 spiro atoms. The van der Waals surface area contributed by atoms with Gasteiger partial charge in [-0.3, -0.25) is 0 Å². The number of rotatable bonds is 3. The minimum atomic E-state index is 0.560. The van der Waals surface area contributed by atoms with Crippen molar-refractivity contribution in [3.8, 4) is 11.3 Å². The highest BCUT2D eigenvalue weighted by atomic mass is 127. The van der Waals surface area contributed by atoms with Crippen LogP contribution in [0.25, 0.3) is 11.3 Å². The van der Waals surface area contributed by atoms with Crippen molar-refractivity contribution in [3.05, 3.63) is 39.4 Å². The quantitative estimate of drug-likeness (QED) is 0.882. The summed E-state index contributed by atoms with van der Waals surface area (Å²) in [5, 5.41) is 0. The van der Waals surface area contributed by atoms with Crippen molar-refractivity contribution < 1.29 is 4.42 Å². The van der Waals surface area contributed by atoms with Gasteiger partial charge in [-0.15, -0.1) is 0 Å². The van der Waals surface area contributed by atoms with Crippen LogP contribution in [0.2, 0.25) is 0 Å². The first-order valence-corrected chi connectivity index (χ1v) is 6.20. The fourth-order valence-corrected chi connectivity index (χ4v) is 2.14. The van der Waals surface area contributed by atoms with E-state index in [-0.39, 0.29) is 0 Å². The summed E-state index contributed by atoms with van der Waals surface area (Å²) in [5.74, 6) is 1.52. The zero-order valence-electron chi connectivity index (χ0n) is 9.03. The summed E-state index contributed by atoms with van der Waals surface area (Å²) in [6.07, 6.45) is 2.45. The van der Waals surface area contributed by atoms with E-state index in [9.17, 15) is 0 Å². The Morgan fingerprint density at radius 3 is 3.00 bits per heavy atom. The smallest absolute Gasteiger partial charge is 0.196 e. The monoisotopic (exact) mass is 328 g/mol. The van der Waals surface area contributed by atoms with Gasteiger partial charge in [0.15, 0.2) is 11.7 Å². The Hall–Kier alpha value is -0.880. The molecule has 84 valence electrons. The molecular formula is C12H13IN2O. The second kappa shape index (κ2) is 4.97. The fraction of sp³-hybridized carbons (Fsp3) is 0.250. The molecule has 0 bridgehead atoms. The normalized spacial score (nSPS) is 10.7. The summed E-state index contributed by atoms with van der Waals surface area (Å²) in [4.78, 5) is 4.20. The molecule has 2 N–H and O–H groups in total. The molecule has 0 amide bonds. The van der Waals surface area contributed by atoms with Crippen LogP contribution in [0.4, 0.5) is 0 Å². The van der Waals surface area contributed by atoms with Crippen LogP contribution in [-0.4, -0.2) is 11.5 Å². The van der Waals surface area contributed by atoms with Crippen molar-refractivity contribution in [3.63, 3.8) is 0 Å². The Morgan fingerprint density at radius 2 is 2.25 bits per heavy atom. The highest BCUT2D eigenvalue weighted by Crippen LogP contribution is 2.27. The minimum Gasteiger partial charge on any atom is -0.441 e. The SMILES string of the molecule is Cc1cccc(-c2cnc(CCN)o2)c1I. The average Bonchev–Trinajstić information content (AvgIpc) is 2.71. The molecule has 0 radical (unpaired) electrons. The Bertz CT molecular complexity index is 494. The van der Waals surface area contributed by atoms with Crippen LogP contribution < -0.4 is 5.73 Å². The van der Waals surface area contributed by atoms with Gasteiger partial charge in [0.2, 0.25) is 0 Å². The lowest BCUT2D eigenvalue weighted by Gasteiger charge is -2.03. The largest absolute Gasteiger partial charge is 0.441 e. The predicted molar refractivity (Wildman–Crippen MR) is 72.2 cm³/mol. The second-order valence-electron chi connectivity index (χ2n) is 3.59. The van der Waals surface area contributed by atoms with Gasteiger partial charge in [0.05, 0.1) is 6.20 Å². The molecule has 2 aromatic rings. The third-order valence-electron chi connectivity index (χ3n) is 2.37. The molecule has 1 heterocycles. The number of benzene rings is 1. The Balaban J connectivity index is 2.39. The van der Waals surface area contributed by atoms with Gasteiger partial charge >= 0.3 is 0 Å². The molecule has 1 aromatic carbocycles. The Kier molecular flexibility index (Phi) is 3.60. The van der Waals surface area contributed by atoms with Gasteiger partial charge in [0.1, 0.15) is 0 Å². The number of oxazole rings is 1. The topological polar surface area (TPSA) is 52.0 Å². The van der Waals surface area contributed by atoms with Crippen molar-refractivity contribution in [1.82, 2.24) is 4.98 Å². The molecule has 0 fully saturated rings. The van der Waals surface area contributed by atoms with Crippen LogP contribution in [0.1, 0.15) is 11.5 Å². The minimum absolute atomic E-state index is 0.560. The first kappa shape index (κ1) is 11.6.